The van der Waals surface area contributed by atoms with E-state index in [1.807, 2.05) is 19.1 Å². The van der Waals surface area contributed by atoms with Crippen molar-refractivity contribution >= 4 is 21.7 Å². The first-order valence-electron chi connectivity index (χ1n) is 11.3. The second-order valence-electron chi connectivity index (χ2n) is 8.60. The molecule has 0 radical (unpaired) electrons. The largest absolute Gasteiger partial charge is 0.494 e. The summed E-state index contributed by atoms with van der Waals surface area (Å²) in [6.45, 7) is 2.82. The highest BCUT2D eigenvalue weighted by Gasteiger charge is 2.36. The monoisotopic (exact) mass is 522 g/mol. The number of hydrogen-bond donors (Lipinski definition) is 0. The zero-order chi connectivity index (χ0) is 25.5. The third-order valence-corrected chi connectivity index (χ3v) is 7.35. The Hall–Kier alpha value is -2.48. The van der Waals surface area contributed by atoms with E-state index in [4.69, 9.17) is 20.5 Å². The molecule has 0 N–H and O–H groups in total. The van der Waals surface area contributed by atoms with Crippen molar-refractivity contribution in [3.63, 3.8) is 0 Å². The lowest BCUT2D eigenvalue weighted by atomic mass is 9.89. The first-order valence-corrected chi connectivity index (χ1v) is 13.1. The van der Waals surface area contributed by atoms with Gasteiger partial charge in [0.2, 0.25) is 0 Å². The van der Waals surface area contributed by atoms with Crippen LogP contribution in [0.2, 0.25) is 5.02 Å². The number of benzene rings is 3. The fraction of sp³-hybridized carbons (Fsp3) is 0.333. The summed E-state index contributed by atoms with van der Waals surface area (Å²) < 4.78 is 65.0. The highest BCUT2D eigenvalue weighted by atomic mass is 35.5. The lowest BCUT2D eigenvalue weighted by molar-refractivity contribution is -0.0522. The zero-order valence-corrected chi connectivity index (χ0v) is 21.3. The highest BCUT2D eigenvalue weighted by Crippen LogP contribution is 2.34. The van der Waals surface area contributed by atoms with Crippen molar-refractivity contribution in [3.05, 3.63) is 94.5 Å². The fourth-order valence-electron chi connectivity index (χ4n) is 3.69. The minimum Gasteiger partial charge on any atom is -0.494 e. The number of hydrogen-bond acceptors (Lipinski definition) is 4. The molecular formula is C27H29ClF2O4S. The summed E-state index contributed by atoms with van der Waals surface area (Å²) in [5.41, 5.74) is 2.51. The Morgan fingerprint density at radius 1 is 0.971 bits per heavy atom. The zero-order valence-electron chi connectivity index (χ0n) is 19.7. The summed E-state index contributed by atoms with van der Waals surface area (Å²) >= 11 is 6.03. The van der Waals surface area contributed by atoms with E-state index in [0.29, 0.717) is 30.2 Å². The van der Waals surface area contributed by atoms with Crippen molar-refractivity contribution in [1.29, 1.82) is 0 Å². The van der Waals surface area contributed by atoms with E-state index in [9.17, 15) is 17.2 Å². The van der Waals surface area contributed by atoms with Crippen molar-refractivity contribution < 1.29 is 26.1 Å². The SMILES string of the molecule is Cc1ccc(S(=O)(=O)OCC(F)(F)CC(CCCOc2ccc(Cl)c(C)c2)c2ccccc2)cc1. The van der Waals surface area contributed by atoms with Gasteiger partial charge < -0.3 is 4.74 Å². The van der Waals surface area contributed by atoms with Crippen LogP contribution in [0.15, 0.2) is 77.7 Å². The lowest BCUT2D eigenvalue weighted by Crippen LogP contribution is -2.28. The van der Waals surface area contributed by atoms with E-state index in [2.05, 4.69) is 0 Å². The van der Waals surface area contributed by atoms with Gasteiger partial charge in [0, 0.05) is 11.4 Å². The second kappa shape index (κ2) is 12.0. The van der Waals surface area contributed by atoms with Crippen LogP contribution in [-0.4, -0.2) is 27.6 Å². The maximum Gasteiger partial charge on any atom is 0.297 e. The van der Waals surface area contributed by atoms with Crippen LogP contribution in [0.25, 0.3) is 0 Å². The standard InChI is InChI=1S/C27H29ClF2O4S/c1-20-10-13-25(14-11-20)35(31,32)34-19-27(29,30)18-23(22-7-4-3-5-8-22)9-6-16-33-24-12-15-26(28)21(2)17-24/h3-5,7-8,10-15,17,23H,6,9,16,18-19H2,1-2H3. The van der Waals surface area contributed by atoms with Crippen LogP contribution in [0.5, 0.6) is 5.75 Å². The topological polar surface area (TPSA) is 52.6 Å². The summed E-state index contributed by atoms with van der Waals surface area (Å²) in [6, 6.07) is 20.2. The van der Waals surface area contributed by atoms with Crippen molar-refractivity contribution in [2.45, 2.75) is 49.8 Å². The molecule has 188 valence electrons. The Bertz CT molecular complexity index is 1200. The summed E-state index contributed by atoms with van der Waals surface area (Å²) in [6.07, 6.45) is 0.442. The maximum absolute atomic E-state index is 14.9. The third kappa shape index (κ3) is 8.30. The molecule has 0 aliphatic carbocycles. The molecule has 0 amide bonds. The van der Waals surface area contributed by atoms with Crippen molar-refractivity contribution in [2.24, 2.45) is 0 Å². The average Bonchev–Trinajstić information content (AvgIpc) is 2.83. The highest BCUT2D eigenvalue weighted by molar-refractivity contribution is 7.86. The van der Waals surface area contributed by atoms with Crippen molar-refractivity contribution in [1.82, 2.24) is 0 Å². The molecule has 8 heteroatoms. The number of alkyl halides is 2. The Labute approximate surface area is 211 Å². The molecule has 0 aliphatic rings. The summed E-state index contributed by atoms with van der Waals surface area (Å²) in [5.74, 6) is -3.16. The van der Waals surface area contributed by atoms with Crippen LogP contribution in [-0.2, 0) is 14.3 Å². The summed E-state index contributed by atoms with van der Waals surface area (Å²) in [7, 11) is -4.28. The average molecular weight is 523 g/mol. The van der Waals surface area contributed by atoms with Gasteiger partial charge in [-0.15, -0.1) is 0 Å². The van der Waals surface area contributed by atoms with Crippen LogP contribution in [0.3, 0.4) is 0 Å². The summed E-state index contributed by atoms with van der Waals surface area (Å²) in [5, 5.41) is 0.648. The van der Waals surface area contributed by atoms with E-state index in [1.165, 1.54) is 12.1 Å². The molecule has 0 fully saturated rings. The third-order valence-electron chi connectivity index (χ3n) is 5.65. The van der Waals surface area contributed by atoms with E-state index in [0.717, 1.165) is 16.7 Å². The van der Waals surface area contributed by atoms with Gasteiger partial charge in [0.05, 0.1) is 11.5 Å². The molecule has 0 aliphatic heterocycles. The number of rotatable bonds is 12. The van der Waals surface area contributed by atoms with Gasteiger partial charge in [-0.25, -0.2) is 8.78 Å². The Kier molecular flexibility index (Phi) is 9.27. The molecule has 0 heterocycles. The van der Waals surface area contributed by atoms with Crippen LogP contribution in [0, 0.1) is 13.8 Å². The molecule has 0 saturated heterocycles. The van der Waals surface area contributed by atoms with Crippen LogP contribution in [0.4, 0.5) is 8.78 Å². The molecule has 3 rings (SSSR count). The minimum absolute atomic E-state index is 0.145. The minimum atomic E-state index is -4.28. The Morgan fingerprint density at radius 2 is 1.66 bits per heavy atom. The summed E-state index contributed by atoms with van der Waals surface area (Å²) in [4.78, 5) is -0.145. The number of ether oxygens (including phenoxy) is 1. The quantitative estimate of drug-likeness (QED) is 0.184. The van der Waals surface area contributed by atoms with Crippen LogP contribution in [0.1, 0.15) is 41.9 Å². The molecule has 3 aromatic carbocycles. The molecule has 0 spiro atoms. The molecule has 0 saturated carbocycles. The first-order chi connectivity index (χ1) is 16.6. The molecule has 0 bridgehead atoms. The van der Waals surface area contributed by atoms with Crippen molar-refractivity contribution in [2.75, 3.05) is 13.2 Å². The molecule has 4 nitrogen and oxygen atoms in total. The second-order valence-corrected chi connectivity index (χ2v) is 10.6. The first kappa shape index (κ1) is 27.1. The smallest absolute Gasteiger partial charge is 0.297 e. The van der Waals surface area contributed by atoms with Gasteiger partial charge in [-0.1, -0.05) is 59.6 Å². The molecule has 1 atom stereocenters. The van der Waals surface area contributed by atoms with E-state index in [-0.39, 0.29) is 4.90 Å². The number of aryl methyl sites for hydroxylation is 2. The van der Waals surface area contributed by atoms with Gasteiger partial charge in [0.1, 0.15) is 12.4 Å². The lowest BCUT2D eigenvalue weighted by Gasteiger charge is -2.24. The molecule has 0 aromatic heterocycles. The van der Waals surface area contributed by atoms with Gasteiger partial charge in [-0.2, -0.15) is 8.42 Å². The Balaban J connectivity index is 1.61. The Morgan fingerprint density at radius 3 is 2.31 bits per heavy atom. The molecular weight excluding hydrogens is 494 g/mol. The normalized spacial score (nSPS) is 12.9. The van der Waals surface area contributed by atoms with E-state index in [1.54, 1.807) is 55.5 Å². The van der Waals surface area contributed by atoms with Gasteiger partial charge in [-0.3, -0.25) is 4.18 Å². The predicted octanol–water partition coefficient (Wildman–Crippen LogP) is 7.33. The molecule has 1 unspecified atom stereocenters. The maximum atomic E-state index is 14.9. The van der Waals surface area contributed by atoms with Gasteiger partial charge in [0.15, 0.2) is 0 Å². The van der Waals surface area contributed by atoms with E-state index < -0.39 is 35.0 Å². The van der Waals surface area contributed by atoms with Gasteiger partial charge >= 0.3 is 0 Å². The van der Waals surface area contributed by atoms with Crippen LogP contribution >= 0.6 is 11.6 Å². The van der Waals surface area contributed by atoms with Crippen LogP contribution < -0.4 is 4.74 Å². The van der Waals surface area contributed by atoms with Gasteiger partial charge in [-0.05, 0) is 74.1 Å². The van der Waals surface area contributed by atoms with E-state index >= 15 is 0 Å². The van der Waals surface area contributed by atoms with Gasteiger partial charge in [0.25, 0.3) is 16.0 Å². The van der Waals surface area contributed by atoms with Crippen molar-refractivity contribution in [3.8, 4) is 5.75 Å². The molecule has 3 aromatic rings. The fourth-order valence-corrected chi connectivity index (χ4v) is 4.75. The molecule has 35 heavy (non-hydrogen) atoms. The number of halogens is 3. The predicted molar refractivity (Wildman–Crippen MR) is 134 cm³/mol.